The van der Waals surface area contributed by atoms with E-state index in [2.05, 4.69) is 9.88 Å². The first-order valence-corrected chi connectivity index (χ1v) is 7.15. The number of anilines is 2. The Morgan fingerprint density at radius 1 is 1.30 bits per heavy atom. The van der Waals surface area contributed by atoms with Crippen LogP contribution in [0.5, 0.6) is 5.88 Å². The lowest BCUT2D eigenvalue weighted by molar-refractivity contribution is -0.169. The van der Waals surface area contributed by atoms with E-state index in [-0.39, 0.29) is 5.79 Å². The Bertz CT molecular complexity index is 465. The molecule has 1 aromatic rings. The minimum atomic E-state index is -0.354. The highest BCUT2D eigenvalue weighted by atomic mass is 16.7. The van der Waals surface area contributed by atoms with Gasteiger partial charge >= 0.3 is 0 Å². The second-order valence-corrected chi connectivity index (χ2v) is 5.09. The lowest BCUT2D eigenvalue weighted by Crippen LogP contribution is -2.45. The third-order valence-electron chi connectivity index (χ3n) is 3.82. The lowest BCUT2D eigenvalue weighted by Gasteiger charge is -2.38. The Hall–Kier alpha value is -1.53. The number of nitrogens with two attached hydrogens (primary N) is 1. The summed E-state index contributed by atoms with van der Waals surface area (Å²) in [5.74, 6) is 1.06. The summed E-state index contributed by atoms with van der Waals surface area (Å²) >= 11 is 0. The van der Waals surface area contributed by atoms with Crippen molar-refractivity contribution in [2.45, 2.75) is 25.6 Å². The molecule has 0 unspecified atom stereocenters. The molecule has 110 valence electrons. The van der Waals surface area contributed by atoms with E-state index in [1.54, 1.807) is 0 Å². The van der Waals surface area contributed by atoms with E-state index >= 15 is 0 Å². The van der Waals surface area contributed by atoms with Crippen molar-refractivity contribution in [3.63, 3.8) is 0 Å². The molecule has 1 aromatic heterocycles. The van der Waals surface area contributed by atoms with Gasteiger partial charge in [-0.1, -0.05) is 0 Å². The van der Waals surface area contributed by atoms with Gasteiger partial charge in [-0.2, -0.15) is 4.98 Å². The molecule has 0 saturated carbocycles. The Morgan fingerprint density at radius 3 is 2.65 bits per heavy atom. The monoisotopic (exact) mass is 279 g/mol. The molecule has 0 aromatic carbocycles. The van der Waals surface area contributed by atoms with Crippen molar-refractivity contribution in [1.82, 2.24) is 4.98 Å². The molecule has 2 fully saturated rings. The molecule has 2 aliphatic heterocycles. The van der Waals surface area contributed by atoms with Crippen LogP contribution in [0.4, 0.5) is 11.5 Å². The number of piperidine rings is 1. The molecule has 0 bridgehead atoms. The fourth-order valence-electron chi connectivity index (χ4n) is 2.73. The number of nitrogen functional groups attached to an aromatic ring is 1. The number of pyridine rings is 1. The second-order valence-electron chi connectivity index (χ2n) is 5.09. The second kappa shape index (κ2) is 5.46. The number of aromatic nitrogens is 1. The van der Waals surface area contributed by atoms with Gasteiger partial charge in [-0.15, -0.1) is 0 Å². The first kappa shape index (κ1) is 13.5. The number of ether oxygens (including phenoxy) is 3. The van der Waals surface area contributed by atoms with Crippen molar-refractivity contribution in [2.24, 2.45) is 0 Å². The van der Waals surface area contributed by atoms with Crippen LogP contribution >= 0.6 is 0 Å². The van der Waals surface area contributed by atoms with Gasteiger partial charge in [0.2, 0.25) is 5.88 Å². The zero-order chi connectivity index (χ0) is 14.0. The van der Waals surface area contributed by atoms with Gasteiger partial charge in [0.1, 0.15) is 5.82 Å². The van der Waals surface area contributed by atoms with E-state index in [0.717, 1.165) is 31.7 Å². The average molecular weight is 279 g/mol. The summed E-state index contributed by atoms with van der Waals surface area (Å²) in [7, 11) is 0. The Balaban J connectivity index is 1.69. The van der Waals surface area contributed by atoms with Crippen LogP contribution in [0.2, 0.25) is 0 Å². The topological polar surface area (TPSA) is 69.8 Å². The maximum Gasteiger partial charge on any atom is 0.239 e. The predicted octanol–water partition coefficient (Wildman–Crippen LogP) is 1.41. The third-order valence-corrected chi connectivity index (χ3v) is 3.82. The third kappa shape index (κ3) is 2.53. The zero-order valence-corrected chi connectivity index (χ0v) is 11.8. The van der Waals surface area contributed by atoms with Gasteiger partial charge in [0, 0.05) is 25.9 Å². The van der Waals surface area contributed by atoms with E-state index in [1.165, 1.54) is 0 Å². The summed E-state index contributed by atoms with van der Waals surface area (Å²) in [6.07, 6.45) is 1.73. The molecule has 2 saturated heterocycles. The quantitative estimate of drug-likeness (QED) is 0.902. The summed E-state index contributed by atoms with van der Waals surface area (Å²) in [6.45, 7) is 5.62. The molecule has 3 heterocycles. The summed E-state index contributed by atoms with van der Waals surface area (Å²) in [5, 5.41) is 0. The van der Waals surface area contributed by atoms with E-state index in [1.807, 2.05) is 19.1 Å². The molecule has 6 heteroatoms. The summed E-state index contributed by atoms with van der Waals surface area (Å²) in [6, 6.07) is 3.78. The molecule has 0 radical (unpaired) electrons. The molecule has 2 aliphatic rings. The Kier molecular flexibility index (Phi) is 3.67. The molecule has 20 heavy (non-hydrogen) atoms. The summed E-state index contributed by atoms with van der Waals surface area (Å²) in [4.78, 5) is 6.72. The number of hydrogen-bond acceptors (Lipinski definition) is 6. The first-order valence-electron chi connectivity index (χ1n) is 7.15. The van der Waals surface area contributed by atoms with Crippen LogP contribution < -0.4 is 15.4 Å². The SMILES string of the molecule is CCOc1nc(N2CCC3(CC2)OCCO3)ccc1N. The minimum Gasteiger partial charge on any atom is -0.476 e. The standard InChI is InChI=1S/C14H21N3O3/c1-2-18-13-11(15)3-4-12(16-13)17-7-5-14(6-8-17)19-9-10-20-14/h3-4H,2,5-10,15H2,1H3. The smallest absolute Gasteiger partial charge is 0.239 e. The van der Waals surface area contributed by atoms with Crippen LogP contribution in [-0.4, -0.2) is 43.7 Å². The van der Waals surface area contributed by atoms with Gasteiger partial charge in [0.15, 0.2) is 5.79 Å². The molecular formula is C14H21N3O3. The molecule has 3 rings (SSSR count). The largest absolute Gasteiger partial charge is 0.476 e. The van der Waals surface area contributed by atoms with E-state index < -0.39 is 0 Å². The fraction of sp³-hybridized carbons (Fsp3) is 0.643. The number of nitrogens with zero attached hydrogens (tertiary/aromatic N) is 2. The fourth-order valence-corrected chi connectivity index (χ4v) is 2.73. The highest BCUT2D eigenvalue weighted by molar-refractivity contribution is 5.54. The summed E-state index contributed by atoms with van der Waals surface area (Å²) in [5.41, 5.74) is 6.43. The molecule has 6 nitrogen and oxygen atoms in total. The number of rotatable bonds is 3. The maximum absolute atomic E-state index is 5.85. The normalized spacial score (nSPS) is 21.4. The van der Waals surface area contributed by atoms with Gasteiger partial charge in [0.25, 0.3) is 0 Å². The molecule has 0 aliphatic carbocycles. The van der Waals surface area contributed by atoms with Crippen molar-refractivity contribution in [3.05, 3.63) is 12.1 Å². The van der Waals surface area contributed by atoms with Crippen LogP contribution in [0.3, 0.4) is 0 Å². The number of hydrogen-bond donors (Lipinski definition) is 1. The van der Waals surface area contributed by atoms with Gasteiger partial charge in [-0.05, 0) is 19.1 Å². The molecular weight excluding hydrogens is 258 g/mol. The van der Waals surface area contributed by atoms with Crippen molar-refractivity contribution >= 4 is 11.5 Å². The van der Waals surface area contributed by atoms with Gasteiger partial charge in [0.05, 0.1) is 25.5 Å². The minimum absolute atomic E-state index is 0.354. The van der Waals surface area contributed by atoms with E-state index in [4.69, 9.17) is 19.9 Å². The predicted molar refractivity (Wildman–Crippen MR) is 75.9 cm³/mol. The Labute approximate surface area is 118 Å². The van der Waals surface area contributed by atoms with Crippen LogP contribution in [0.15, 0.2) is 12.1 Å². The highest BCUT2D eigenvalue weighted by Crippen LogP contribution is 2.33. The van der Waals surface area contributed by atoms with Crippen molar-refractivity contribution in [3.8, 4) is 5.88 Å². The zero-order valence-electron chi connectivity index (χ0n) is 11.8. The highest BCUT2D eigenvalue weighted by Gasteiger charge is 2.40. The Morgan fingerprint density at radius 2 is 2.00 bits per heavy atom. The van der Waals surface area contributed by atoms with Gasteiger partial charge in [-0.25, -0.2) is 0 Å². The van der Waals surface area contributed by atoms with Gasteiger partial charge in [-0.3, -0.25) is 0 Å². The molecule has 1 spiro atoms. The summed E-state index contributed by atoms with van der Waals surface area (Å²) < 4.78 is 16.9. The molecule has 2 N–H and O–H groups in total. The van der Waals surface area contributed by atoms with Crippen LogP contribution in [0.25, 0.3) is 0 Å². The lowest BCUT2D eigenvalue weighted by atomic mass is 10.0. The van der Waals surface area contributed by atoms with Crippen molar-refractivity contribution < 1.29 is 14.2 Å². The van der Waals surface area contributed by atoms with Gasteiger partial charge < -0.3 is 24.8 Å². The molecule has 0 amide bonds. The van der Waals surface area contributed by atoms with Crippen molar-refractivity contribution in [2.75, 3.05) is 43.5 Å². The first-order chi connectivity index (χ1) is 9.72. The van der Waals surface area contributed by atoms with Crippen LogP contribution in [0.1, 0.15) is 19.8 Å². The molecule has 0 atom stereocenters. The average Bonchev–Trinajstić information content (AvgIpc) is 2.91. The van der Waals surface area contributed by atoms with E-state index in [9.17, 15) is 0 Å². The van der Waals surface area contributed by atoms with Crippen LogP contribution in [0, 0.1) is 0 Å². The maximum atomic E-state index is 5.85. The van der Waals surface area contributed by atoms with E-state index in [0.29, 0.717) is 31.4 Å². The van der Waals surface area contributed by atoms with Crippen molar-refractivity contribution in [1.29, 1.82) is 0 Å². The van der Waals surface area contributed by atoms with Crippen LogP contribution in [-0.2, 0) is 9.47 Å².